The van der Waals surface area contributed by atoms with E-state index in [0.29, 0.717) is 25.4 Å². The Bertz CT molecular complexity index is 1280. The van der Waals surface area contributed by atoms with Crippen LogP contribution in [0.15, 0.2) is 54.6 Å². The maximum absolute atomic E-state index is 12.4. The molecule has 31 heavy (non-hydrogen) atoms. The number of nitrogen functional groups attached to an aromatic ring is 1. The molecular formula is C24H18Cl2N2O2S. The molecule has 2 aromatic heterocycles. The lowest BCUT2D eigenvalue weighted by Crippen LogP contribution is -2.04. The number of aromatic nitrogens is 1. The quantitative estimate of drug-likeness (QED) is 0.314. The number of halogens is 2. The molecule has 4 rings (SSSR count). The highest BCUT2D eigenvalue weighted by atomic mass is 35.5. The second-order valence-corrected chi connectivity index (χ2v) is 8.60. The van der Waals surface area contributed by atoms with Gasteiger partial charge in [0.25, 0.3) is 0 Å². The monoisotopic (exact) mass is 468 g/mol. The second-order valence-electron chi connectivity index (χ2n) is 6.73. The zero-order chi connectivity index (χ0) is 22.0. The summed E-state index contributed by atoms with van der Waals surface area (Å²) in [7, 11) is 0. The van der Waals surface area contributed by atoms with Gasteiger partial charge in [0.15, 0.2) is 0 Å². The lowest BCUT2D eigenvalue weighted by Gasteiger charge is -2.07. The topological polar surface area (TPSA) is 65.2 Å². The Morgan fingerprint density at radius 1 is 1.06 bits per heavy atom. The molecule has 0 atom stereocenters. The molecule has 0 aliphatic carbocycles. The molecule has 0 spiro atoms. The number of carbonyl (C=O) groups excluding carboxylic acids is 1. The average molecular weight is 469 g/mol. The van der Waals surface area contributed by atoms with E-state index in [1.54, 1.807) is 6.92 Å². The Hall–Kier alpha value is -2.86. The maximum atomic E-state index is 12.4. The van der Waals surface area contributed by atoms with Crippen LogP contribution in [0, 0.1) is 0 Å². The Morgan fingerprint density at radius 3 is 2.35 bits per heavy atom. The summed E-state index contributed by atoms with van der Waals surface area (Å²) in [5.74, 6) is -0.441. The van der Waals surface area contributed by atoms with E-state index in [1.165, 1.54) is 11.3 Å². The van der Waals surface area contributed by atoms with Gasteiger partial charge in [-0.2, -0.15) is 0 Å². The van der Waals surface area contributed by atoms with E-state index >= 15 is 0 Å². The Labute approximate surface area is 193 Å². The molecular weight excluding hydrogens is 451 g/mol. The maximum Gasteiger partial charge on any atom is 0.350 e. The molecule has 2 heterocycles. The Kier molecular flexibility index (Phi) is 6.28. The largest absolute Gasteiger partial charge is 0.462 e. The number of esters is 1. The first-order valence-corrected chi connectivity index (χ1v) is 11.1. The summed E-state index contributed by atoms with van der Waals surface area (Å²) in [4.78, 5) is 18.1. The van der Waals surface area contributed by atoms with Gasteiger partial charge in [-0.15, -0.1) is 11.3 Å². The zero-order valence-electron chi connectivity index (χ0n) is 16.6. The third kappa shape index (κ3) is 4.59. The molecule has 0 aliphatic heterocycles. The molecule has 2 aromatic carbocycles. The molecule has 2 N–H and O–H groups in total. The summed E-state index contributed by atoms with van der Waals surface area (Å²) in [5.41, 5.74) is 10.3. The fourth-order valence-corrected chi connectivity index (χ4v) is 4.46. The minimum atomic E-state index is -0.441. The fraction of sp³-hybridized carbons (Fsp3) is 0.0833. The van der Waals surface area contributed by atoms with Crippen molar-refractivity contribution in [3.05, 3.63) is 80.8 Å². The van der Waals surface area contributed by atoms with Gasteiger partial charge in [-0.3, -0.25) is 0 Å². The van der Waals surface area contributed by atoms with Gasteiger partial charge < -0.3 is 10.5 Å². The number of ether oxygens (including phenoxy) is 1. The first-order valence-electron chi connectivity index (χ1n) is 9.56. The van der Waals surface area contributed by atoms with Crippen molar-refractivity contribution in [3.63, 3.8) is 0 Å². The van der Waals surface area contributed by atoms with Crippen molar-refractivity contribution in [2.24, 2.45) is 0 Å². The minimum Gasteiger partial charge on any atom is -0.462 e. The van der Waals surface area contributed by atoms with E-state index in [-0.39, 0.29) is 6.61 Å². The van der Waals surface area contributed by atoms with Crippen LogP contribution in [0.1, 0.15) is 27.9 Å². The highest BCUT2D eigenvalue weighted by Gasteiger charge is 2.21. The third-order valence-electron chi connectivity index (χ3n) is 4.65. The molecule has 7 heteroatoms. The molecule has 0 radical (unpaired) electrons. The Morgan fingerprint density at radius 2 is 1.71 bits per heavy atom. The van der Waals surface area contributed by atoms with Crippen molar-refractivity contribution < 1.29 is 9.53 Å². The summed E-state index contributed by atoms with van der Waals surface area (Å²) < 4.78 is 5.17. The molecule has 0 unspecified atom stereocenters. The number of benzene rings is 2. The molecule has 0 amide bonds. The van der Waals surface area contributed by atoms with Crippen LogP contribution in [0.3, 0.4) is 0 Å². The highest BCUT2D eigenvalue weighted by molar-refractivity contribution is 7.21. The van der Waals surface area contributed by atoms with E-state index in [9.17, 15) is 4.79 Å². The van der Waals surface area contributed by atoms with Gasteiger partial charge in [0.05, 0.1) is 18.0 Å². The first kappa shape index (κ1) is 21.4. The summed E-state index contributed by atoms with van der Waals surface area (Å²) in [6.45, 7) is 2.04. The summed E-state index contributed by atoms with van der Waals surface area (Å²) >= 11 is 13.3. The number of nitrogens with zero attached hydrogens (tertiary/aromatic N) is 1. The summed E-state index contributed by atoms with van der Waals surface area (Å²) in [6, 6.07) is 17.0. The van der Waals surface area contributed by atoms with Crippen molar-refractivity contribution in [2.45, 2.75) is 6.92 Å². The average Bonchev–Trinajstić information content (AvgIpc) is 3.10. The van der Waals surface area contributed by atoms with Gasteiger partial charge in [0.1, 0.15) is 9.71 Å². The summed E-state index contributed by atoms with van der Waals surface area (Å²) in [6.07, 6.45) is 3.88. The third-order valence-corrected chi connectivity index (χ3v) is 6.23. The van der Waals surface area contributed by atoms with Crippen LogP contribution in [-0.4, -0.2) is 17.6 Å². The second kappa shape index (κ2) is 9.10. The fourth-order valence-electron chi connectivity index (χ4n) is 3.19. The molecule has 4 nitrogen and oxygen atoms in total. The number of anilines is 1. The smallest absolute Gasteiger partial charge is 0.350 e. The van der Waals surface area contributed by atoms with Crippen molar-refractivity contribution >= 4 is 68.6 Å². The van der Waals surface area contributed by atoms with Crippen LogP contribution in [0.2, 0.25) is 10.0 Å². The standard InChI is InChI=1S/C24H18Cl2N2O2S/c1-2-30-24(29)22-21(27)20-19(15-6-10-17(26)11-7-15)13-18(28-23(20)31-22)12-5-14-3-8-16(25)9-4-14/h3-13H,2,27H2,1H3/b12-5+. The molecule has 0 aliphatic rings. The number of hydrogen-bond donors (Lipinski definition) is 1. The lowest BCUT2D eigenvalue weighted by atomic mass is 10.0. The van der Waals surface area contributed by atoms with Crippen molar-refractivity contribution in [1.82, 2.24) is 4.98 Å². The number of fused-ring (bicyclic) bond motifs is 1. The van der Waals surface area contributed by atoms with Gasteiger partial charge in [0.2, 0.25) is 0 Å². The van der Waals surface area contributed by atoms with Gasteiger partial charge in [-0.05, 0) is 60.0 Å². The predicted octanol–water partition coefficient (Wildman–Crippen LogP) is 7.20. The van der Waals surface area contributed by atoms with E-state index in [2.05, 4.69) is 0 Å². The molecule has 0 bridgehead atoms. The van der Waals surface area contributed by atoms with Gasteiger partial charge in [-0.1, -0.05) is 53.5 Å². The molecule has 0 fully saturated rings. The van der Waals surface area contributed by atoms with E-state index in [0.717, 1.165) is 27.8 Å². The molecule has 4 aromatic rings. The Balaban J connectivity index is 1.87. The number of rotatable bonds is 5. The van der Waals surface area contributed by atoms with Crippen molar-refractivity contribution in [3.8, 4) is 11.1 Å². The number of carbonyl (C=O) groups is 1. The first-order chi connectivity index (χ1) is 15.0. The lowest BCUT2D eigenvalue weighted by molar-refractivity contribution is 0.0533. The van der Waals surface area contributed by atoms with E-state index < -0.39 is 5.97 Å². The van der Waals surface area contributed by atoms with Gasteiger partial charge >= 0.3 is 5.97 Å². The van der Waals surface area contributed by atoms with Crippen LogP contribution in [-0.2, 0) is 4.74 Å². The molecule has 0 saturated carbocycles. The molecule has 156 valence electrons. The predicted molar refractivity (Wildman–Crippen MR) is 131 cm³/mol. The summed E-state index contributed by atoms with van der Waals surface area (Å²) in [5, 5.41) is 2.06. The normalized spacial score (nSPS) is 11.3. The van der Waals surface area contributed by atoms with E-state index in [1.807, 2.05) is 66.7 Å². The van der Waals surface area contributed by atoms with Gasteiger partial charge in [-0.25, -0.2) is 9.78 Å². The van der Waals surface area contributed by atoms with E-state index in [4.69, 9.17) is 38.7 Å². The SMILES string of the molecule is CCOC(=O)c1sc2nc(/C=C/c3ccc(Cl)cc3)cc(-c3ccc(Cl)cc3)c2c1N. The number of nitrogens with two attached hydrogens (primary N) is 1. The van der Waals surface area contributed by atoms with Crippen LogP contribution >= 0.6 is 34.5 Å². The van der Waals surface area contributed by atoms with Crippen LogP contribution in [0.5, 0.6) is 0 Å². The number of hydrogen-bond acceptors (Lipinski definition) is 5. The van der Waals surface area contributed by atoms with Crippen LogP contribution in [0.25, 0.3) is 33.5 Å². The van der Waals surface area contributed by atoms with Crippen LogP contribution < -0.4 is 5.73 Å². The van der Waals surface area contributed by atoms with Crippen molar-refractivity contribution in [1.29, 1.82) is 0 Å². The number of pyridine rings is 1. The number of thiophene rings is 1. The van der Waals surface area contributed by atoms with Crippen LogP contribution in [0.4, 0.5) is 5.69 Å². The zero-order valence-corrected chi connectivity index (χ0v) is 18.9. The highest BCUT2D eigenvalue weighted by Crippen LogP contribution is 2.40. The van der Waals surface area contributed by atoms with Crippen molar-refractivity contribution in [2.75, 3.05) is 12.3 Å². The minimum absolute atomic E-state index is 0.277. The van der Waals surface area contributed by atoms with Gasteiger partial charge in [0, 0.05) is 15.4 Å². The molecule has 0 saturated heterocycles.